The van der Waals surface area contributed by atoms with Crippen LogP contribution in [0.15, 0.2) is 30.5 Å². The van der Waals surface area contributed by atoms with Crippen molar-refractivity contribution >= 4 is 0 Å². The molecular weight excluding hydrogens is 418 g/mol. The zero-order chi connectivity index (χ0) is 23.2. The summed E-state index contributed by atoms with van der Waals surface area (Å²) in [5.74, 6) is 1.22. The summed E-state index contributed by atoms with van der Waals surface area (Å²) in [5.41, 5.74) is 11.7. The highest BCUT2D eigenvalue weighted by molar-refractivity contribution is 5.50. The summed E-state index contributed by atoms with van der Waals surface area (Å²) in [4.78, 5) is 7.20. The molecule has 0 saturated carbocycles. The molecule has 0 amide bonds. The minimum absolute atomic E-state index is 0.0660. The molecule has 3 aliphatic rings. The van der Waals surface area contributed by atoms with Crippen LogP contribution < -0.4 is 15.2 Å². The average molecular weight is 454 g/mol. The Morgan fingerprint density at radius 3 is 2.82 bits per heavy atom. The van der Waals surface area contributed by atoms with Crippen LogP contribution in [0.5, 0.6) is 11.5 Å². The number of rotatable bonds is 5. The van der Waals surface area contributed by atoms with Crippen molar-refractivity contribution in [1.82, 2.24) is 9.88 Å². The number of aromatic nitrogens is 1. The highest BCUT2D eigenvalue weighted by Gasteiger charge is 2.39. The number of hydrogen-bond donors (Lipinski definition) is 1. The van der Waals surface area contributed by atoms with E-state index in [2.05, 4.69) is 35.0 Å². The summed E-state index contributed by atoms with van der Waals surface area (Å²) in [6.45, 7) is 8.86. The van der Waals surface area contributed by atoms with Gasteiger partial charge in [-0.3, -0.25) is 9.88 Å². The molecule has 4 heterocycles. The molecule has 0 spiro atoms. The summed E-state index contributed by atoms with van der Waals surface area (Å²) in [7, 11) is 1.69. The molecule has 1 aromatic carbocycles. The van der Waals surface area contributed by atoms with E-state index in [4.69, 9.17) is 24.7 Å². The predicted molar refractivity (Wildman–Crippen MR) is 126 cm³/mol. The topological polar surface area (TPSA) is 79.1 Å². The Bertz CT molecular complexity index is 1010. The number of nitrogens with zero attached hydrogens (tertiary/aromatic N) is 2. The van der Waals surface area contributed by atoms with Crippen LogP contribution in [0.1, 0.15) is 54.6 Å². The van der Waals surface area contributed by atoms with Gasteiger partial charge in [0.15, 0.2) is 17.3 Å². The molecule has 0 bridgehead atoms. The summed E-state index contributed by atoms with van der Waals surface area (Å²) in [5, 5.41) is 0. The third kappa shape index (κ3) is 4.60. The Labute approximate surface area is 196 Å². The number of benzene rings is 1. The standard InChI is InChI=1S/C26H35N3O4/c1-16-5-7-28-22(9-16)20-13-29-8-6-17-10-25(31-14-18-15-32-26(2,3)33-18)24(30-4)11-19(17)23(29)12-21(20)27/h5,7,9-11,18,20-21,23H,6,8,12-15,27H2,1-4H3/t18-,20+,21-,23-/m1/s1. The first-order chi connectivity index (χ1) is 15.8. The molecule has 7 heteroatoms. The van der Waals surface area contributed by atoms with Gasteiger partial charge in [0.1, 0.15) is 12.7 Å². The van der Waals surface area contributed by atoms with Crippen molar-refractivity contribution in [1.29, 1.82) is 0 Å². The van der Waals surface area contributed by atoms with E-state index < -0.39 is 5.79 Å². The number of methoxy groups -OCH3 is 1. The maximum absolute atomic E-state index is 6.72. The zero-order valence-electron chi connectivity index (χ0n) is 20.0. The second-order valence-corrected chi connectivity index (χ2v) is 9.99. The first kappa shape index (κ1) is 22.6. The first-order valence-corrected chi connectivity index (χ1v) is 11.9. The lowest BCUT2D eigenvalue weighted by atomic mass is 9.79. The molecule has 178 valence electrons. The fourth-order valence-electron chi connectivity index (χ4n) is 5.44. The number of pyridine rings is 1. The van der Waals surface area contributed by atoms with Crippen LogP contribution in [0.2, 0.25) is 0 Å². The van der Waals surface area contributed by atoms with Crippen molar-refractivity contribution in [3.05, 3.63) is 52.8 Å². The van der Waals surface area contributed by atoms with E-state index in [0.717, 1.165) is 43.1 Å². The van der Waals surface area contributed by atoms with Crippen LogP contribution in [0.4, 0.5) is 0 Å². The molecule has 5 rings (SSSR count). The lowest BCUT2D eigenvalue weighted by Gasteiger charge is -2.46. The lowest BCUT2D eigenvalue weighted by Crippen LogP contribution is -2.50. The van der Waals surface area contributed by atoms with Crippen LogP contribution >= 0.6 is 0 Å². The van der Waals surface area contributed by atoms with E-state index in [0.29, 0.717) is 19.3 Å². The van der Waals surface area contributed by atoms with Gasteiger partial charge < -0.3 is 24.7 Å². The molecule has 2 N–H and O–H groups in total. The second-order valence-electron chi connectivity index (χ2n) is 9.99. The quantitative estimate of drug-likeness (QED) is 0.744. The van der Waals surface area contributed by atoms with Gasteiger partial charge >= 0.3 is 0 Å². The molecular formula is C26H35N3O4. The molecule has 7 nitrogen and oxygen atoms in total. The van der Waals surface area contributed by atoms with Crippen LogP contribution in [-0.4, -0.2) is 61.2 Å². The van der Waals surface area contributed by atoms with Crippen molar-refractivity contribution in [3.8, 4) is 11.5 Å². The molecule has 4 atom stereocenters. The van der Waals surface area contributed by atoms with Crippen molar-refractivity contribution in [2.45, 2.75) is 63.5 Å². The fraction of sp³-hybridized carbons (Fsp3) is 0.577. The van der Waals surface area contributed by atoms with E-state index in [-0.39, 0.29) is 18.1 Å². The molecule has 2 aromatic rings. The lowest BCUT2D eigenvalue weighted by molar-refractivity contribution is -0.141. The summed E-state index contributed by atoms with van der Waals surface area (Å²) >= 11 is 0. The summed E-state index contributed by atoms with van der Waals surface area (Å²) in [6, 6.07) is 8.87. The first-order valence-electron chi connectivity index (χ1n) is 11.9. The van der Waals surface area contributed by atoms with Crippen LogP contribution in [-0.2, 0) is 15.9 Å². The third-order valence-electron chi connectivity index (χ3n) is 7.15. The molecule has 3 aliphatic heterocycles. The van der Waals surface area contributed by atoms with Gasteiger partial charge in [-0.25, -0.2) is 0 Å². The van der Waals surface area contributed by atoms with Gasteiger partial charge in [-0.05, 0) is 74.6 Å². The molecule has 0 radical (unpaired) electrons. The molecule has 33 heavy (non-hydrogen) atoms. The monoisotopic (exact) mass is 453 g/mol. The smallest absolute Gasteiger partial charge is 0.163 e. The predicted octanol–water partition coefficient (Wildman–Crippen LogP) is 3.34. The van der Waals surface area contributed by atoms with Crippen molar-refractivity contribution in [2.75, 3.05) is 33.4 Å². The number of aryl methyl sites for hydroxylation is 1. The van der Waals surface area contributed by atoms with Gasteiger partial charge in [-0.15, -0.1) is 0 Å². The molecule has 0 aliphatic carbocycles. The number of fused-ring (bicyclic) bond motifs is 3. The zero-order valence-corrected chi connectivity index (χ0v) is 20.0. The number of piperidine rings is 1. The number of ether oxygens (including phenoxy) is 4. The van der Waals surface area contributed by atoms with Crippen LogP contribution in [0.3, 0.4) is 0 Å². The van der Waals surface area contributed by atoms with Gasteiger partial charge in [-0.2, -0.15) is 0 Å². The normalized spacial score (nSPS) is 28.8. The second kappa shape index (κ2) is 8.87. The van der Waals surface area contributed by atoms with Gasteiger partial charge in [0.2, 0.25) is 0 Å². The minimum atomic E-state index is -0.553. The van der Waals surface area contributed by atoms with Crippen molar-refractivity contribution in [2.24, 2.45) is 5.73 Å². The van der Waals surface area contributed by atoms with E-state index in [1.54, 1.807) is 7.11 Å². The highest BCUT2D eigenvalue weighted by atomic mass is 16.7. The van der Waals surface area contributed by atoms with Crippen molar-refractivity contribution < 1.29 is 18.9 Å². The van der Waals surface area contributed by atoms with Gasteiger partial charge in [0.25, 0.3) is 0 Å². The molecule has 1 aromatic heterocycles. The Balaban J connectivity index is 1.33. The Morgan fingerprint density at radius 1 is 1.24 bits per heavy atom. The minimum Gasteiger partial charge on any atom is -0.493 e. The van der Waals surface area contributed by atoms with E-state index >= 15 is 0 Å². The van der Waals surface area contributed by atoms with E-state index in [1.807, 2.05) is 26.1 Å². The van der Waals surface area contributed by atoms with Crippen LogP contribution in [0, 0.1) is 6.92 Å². The number of hydrogen-bond acceptors (Lipinski definition) is 7. The molecule has 2 saturated heterocycles. The fourth-order valence-corrected chi connectivity index (χ4v) is 5.44. The molecule has 2 fully saturated rings. The average Bonchev–Trinajstić information content (AvgIpc) is 3.15. The Hall–Kier alpha value is -2.19. The largest absolute Gasteiger partial charge is 0.493 e. The third-order valence-corrected chi connectivity index (χ3v) is 7.15. The van der Waals surface area contributed by atoms with E-state index in [1.165, 1.54) is 16.7 Å². The van der Waals surface area contributed by atoms with Crippen LogP contribution in [0.25, 0.3) is 0 Å². The van der Waals surface area contributed by atoms with E-state index in [9.17, 15) is 0 Å². The summed E-state index contributed by atoms with van der Waals surface area (Å²) in [6.07, 6.45) is 3.69. The maximum Gasteiger partial charge on any atom is 0.163 e. The Morgan fingerprint density at radius 2 is 2.09 bits per heavy atom. The van der Waals surface area contributed by atoms with Gasteiger partial charge in [0.05, 0.1) is 13.7 Å². The van der Waals surface area contributed by atoms with Gasteiger partial charge in [0, 0.05) is 43.0 Å². The van der Waals surface area contributed by atoms with Crippen molar-refractivity contribution in [3.63, 3.8) is 0 Å². The number of nitrogens with two attached hydrogens (primary N) is 1. The SMILES string of the molecule is COc1cc2c(cc1OC[C@@H]1COC(C)(C)O1)CCN1C[C@H](c3cc(C)ccn3)[C@H](N)C[C@H]21. The van der Waals surface area contributed by atoms with Gasteiger partial charge in [-0.1, -0.05) is 0 Å². The highest BCUT2D eigenvalue weighted by Crippen LogP contribution is 2.44. The summed E-state index contributed by atoms with van der Waals surface area (Å²) < 4.78 is 23.4. The maximum atomic E-state index is 6.72. The molecule has 0 unspecified atom stereocenters. The Kier molecular flexibility index (Phi) is 6.07.